The van der Waals surface area contributed by atoms with Crippen LogP contribution in [-0.2, 0) is 0 Å². The van der Waals surface area contributed by atoms with Crippen LogP contribution in [0.2, 0.25) is 0 Å². The van der Waals surface area contributed by atoms with Gasteiger partial charge in [0.1, 0.15) is 5.82 Å². The Balaban J connectivity index is 2.40. The second-order valence-electron chi connectivity index (χ2n) is 4.75. The van der Waals surface area contributed by atoms with Crippen LogP contribution in [0.1, 0.15) is 38.9 Å². The maximum absolute atomic E-state index is 4.46. The number of nitrogens with one attached hydrogen (secondary N) is 1. The fourth-order valence-electron chi connectivity index (χ4n) is 1.26. The van der Waals surface area contributed by atoms with Crippen LogP contribution in [0.25, 0.3) is 0 Å². The summed E-state index contributed by atoms with van der Waals surface area (Å²) in [6.45, 7) is 7.49. The van der Waals surface area contributed by atoms with E-state index in [2.05, 4.69) is 54.4 Å². The van der Waals surface area contributed by atoms with E-state index in [1.54, 1.807) is 0 Å². The van der Waals surface area contributed by atoms with Crippen molar-refractivity contribution in [3.05, 3.63) is 5.82 Å². The van der Waals surface area contributed by atoms with Gasteiger partial charge in [-0.1, -0.05) is 13.8 Å². The van der Waals surface area contributed by atoms with Crippen LogP contribution in [0.15, 0.2) is 0 Å². The summed E-state index contributed by atoms with van der Waals surface area (Å²) in [7, 11) is 4.18. The van der Waals surface area contributed by atoms with E-state index >= 15 is 0 Å². The van der Waals surface area contributed by atoms with Gasteiger partial charge < -0.3 is 10.2 Å². The highest BCUT2D eigenvalue weighted by molar-refractivity contribution is 7.09. The predicted molar refractivity (Wildman–Crippen MR) is 70.3 cm³/mol. The molecule has 1 aromatic heterocycles. The van der Waals surface area contributed by atoms with Crippen LogP contribution in [0, 0.1) is 0 Å². The highest BCUT2D eigenvalue weighted by atomic mass is 32.1. The van der Waals surface area contributed by atoms with Gasteiger partial charge in [-0.15, -0.1) is 0 Å². The molecule has 0 aromatic carbocycles. The summed E-state index contributed by atoms with van der Waals surface area (Å²) in [5.74, 6) is 1.34. The van der Waals surface area contributed by atoms with Crippen LogP contribution in [-0.4, -0.2) is 40.9 Å². The summed E-state index contributed by atoms with van der Waals surface area (Å²) < 4.78 is 4.32. The van der Waals surface area contributed by atoms with E-state index < -0.39 is 0 Å². The van der Waals surface area contributed by atoms with E-state index in [1.807, 2.05) is 0 Å². The third-order valence-corrected chi connectivity index (χ3v) is 3.00. The molecule has 0 bridgehead atoms. The molecule has 16 heavy (non-hydrogen) atoms. The Morgan fingerprint density at radius 3 is 2.50 bits per heavy atom. The normalized spacial score (nSPS) is 13.4. The fourth-order valence-corrected chi connectivity index (χ4v) is 2.08. The molecule has 1 aromatic rings. The molecule has 0 aliphatic rings. The van der Waals surface area contributed by atoms with Crippen molar-refractivity contribution in [1.82, 2.24) is 14.3 Å². The molecule has 5 heteroatoms. The minimum atomic E-state index is 0.406. The topological polar surface area (TPSA) is 41.0 Å². The first-order valence-electron chi connectivity index (χ1n) is 5.74. The number of hydrogen-bond donors (Lipinski definition) is 1. The van der Waals surface area contributed by atoms with Gasteiger partial charge >= 0.3 is 0 Å². The lowest BCUT2D eigenvalue weighted by Crippen LogP contribution is -2.22. The summed E-state index contributed by atoms with van der Waals surface area (Å²) in [5, 5.41) is 4.33. The summed E-state index contributed by atoms with van der Waals surface area (Å²) in [4.78, 5) is 6.65. The Bertz CT molecular complexity index is 309. The fraction of sp³-hybridized carbons (Fsp3) is 0.818. The Morgan fingerprint density at radius 1 is 1.31 bits per heavy atom. The van der Waals surface area contributed by atoms with Crippen molar-refractivity contribution < 1.29 is 0 Å². The molecule has 0 aliphatic carbocycles. The maximum Gasteiger partial charge on any atom is 0.202 e. The molecule has 1 heterocycles. The number of nitrogens with zero attached hydrogens (tertiary/aromatic N) is 3. The van der Waals surface area contributed by atoms with Crippen LogP contribution < -0.4 is 5.32 Å². The van der Waals surface area contributed by atoms with Gasteiger partial charge in [-0.05, 0) is 34.0 Å². The van der Waals surface area contributed by atoms with Gasteiger partial charge in [-0.3, -0.25) is 0 Å². The molecule has 0 spiro atoms. The number of anilines is 1. The second kappa shape index (κ2) is 6.15. The maximum atomic E-state index is 4.46. The largest absolute Gasteiger partial charge is 0.358 e. The molecule has 4 nitrogen and oxygen atoms in total. The van der Waals surface area contributed by atoms with Gasteiger partial charge in [0.15, 0.2) is 0 Å². The Hall–Kier alpha value is -0.680. The van der Waals surface area contributed by atoms with E-state index in [4.69, 9.17) is 0 Å². The van der Waals surface area contributed by atoms with Crippen LogP contribution >= 0.6 is 11.5 Å². The first-order chi connectivity index (χ1) is 7.49. The summed E-state index contributed by atoms with van der Waals surface area (Å²) in [5.41, 5.74) is 0. The van der Waals surface area contributed by atoms with Gasteiger partial charge in [0.2, 0.25) is 5.13 Å². The zero-order valence-electron chi connectivity index (χ0n) is 10.8. The zero-order chi connectivity index (χ0) is 12.1. The Labute approximate surface area is 102 Å². The molecule has 1 N–H and O–H groups in total. The zero-order valence-corrected chi connectivity index (χ0v) is 11.6. The SMILES string of the molecule is CC(CCN(C)C)Nc1nc(C(C)C)ns1. The summed E-state index contributed by atoms with van der Waals surface area (Å²) >= 11 is 1.45. The lowest BCUT2D eigenvalue weighted by molar-refractivity contribution is 0.390. The van der Waals surface area contributed by atoms with Crippen molar-refractivity contribution >= 4 is 16.7 Å². The number of hydrogen-bond acceptors (Lipinski definition) is 5. The van der Waals surface area contributed by atoms with Crippen LogP contribution in [0.4, 0.5) is 5.13 Å². The van der Waals surface area contributed by atoms with Crippen molar-refractivity contribution in [2.75, 3.05) is 26.0 Å². The van der Waals surface area contributed by atoms with Crippen LogP contribution in [0.5, 0.6) is 0 Å². The number of aromatic nitrogens is 2. The van der Waals surface area contributed by atoms with E-state index in [0.717, 1.165) is 23.9 Å². The molecule has 1 rings (SSSR count). The Kier molecular flexibility index (Phi) is 5.15. The third kappa shape index (κ3) is 4.45. The molecule has 0 saturated heterocycles. The van der Waals surface area contributed by atoms with Gasteiger partial charge in [0.25, 0.3) is 0 Å². The van der Waals surface area contributed by atoms with Crippen molar-refractivity contribution in [2.45, 2.75) is 39.2 Å². The first kappa shape index (κ1) is 13.4. The summed E-state index contributed by atoms with van der Waals surface area (Å²) in [6, 6.07) is 0.440. The Morgan fingerprint density at radius 2 is 2.00 bits per heavy atom. The molecule has 1 unspecified atom stereocenters. The molecular formula is C11H22N4S. The minimum Gasteiger partial charge on any atom is -0.358 e. The first-order valence-corrected chi connectivity index (χ1v) is 6.51. The third-order valence-electron chi connectivity index (χ3n) is 2.34. The molecular weight excluding hydrogens is 220 g/mol. The average Bonchev–Trinajstić information content (AvgIpc) is 2.63. The minimum absolute atomic E-state index is 0.406. The van der Waals surface area contributed by atoms with Gasteiger partial charge in [-0.25, -0.2) is 4.98 Å². The molecule has 0 fully saturated rings. The van der Waals surface area contributed by atoms with Gasteiger partial charge in [0, 0.05) is 23.5 Å². The number of rotatable bonds is 6. The monoisotopic (exact) mass is 242 g/mol. The van der Waals surface area contributed by atoms with E-state index in [-0.39, 0.29) is 0 Å². The van der Waals surface area contributed by atoms with Crippen molar-refractivity contribution in [1.29, 1.82) is 0 Å². The lowest BCUT2D eigenvalue weighted by atomic mass is 10.2. The van der Waals surface area contributed by atoms with Crippen molar-refractivity contribution in [3.63, 3.8) is 0 Å². The van der Waals surface area contributed by atoms with E-state index in [9.17, 15) is 0 Å². The smallest absolute Gasteiger partial charge is 0.202 e. The highest BCUT2D eigenvalue weighted by Gasteiger charge is 2.09. The standard InChI is InChI=1S/C11H22N4S/c1-8(2)10-13-11(16-14-10)12-9(3)6-7-15(4)5/h8-9H,6-7H2,1-5H3,(H,12,13,14). The summed E-state index contributed by atoms with van der Waals surface area (Å²) in [6.07, 6.45) is 1.11. The van der Waals surface area contributed by atoms with Gasteiger partial charge in [0.05, 0.1) is 0 Å². The molecule has 0 radical (unpaired) electrons. The highest BCUT2D eigenvalue weighted by Crippen LogP contribution is 2.18. The second-order valence-corrected chi connectivity index (χ2v) is 5.50. The van der Waals surface area contributed by atoms with E-state index in [0.29, 0.717) is 12.0 Å². The van der Waals surface area contributed by atoms with Crippen molar-refractivity contribution in [3.8, 4) is 0 Å². The predicted octanol–water partition coefficient (Wildman–Crippen LogP) is 2.41. The van der Waals surface area contributed by atoms with Crippen LogP contribution in [0.3, 0.4) is 0 Å². The van der Waals surface area contributed by atoms with Gasteiger partial charge in [-0.2, -0.15) is 4.37 Å². The average molecular weight is 242 g/mol. The lowest BCUT2D eigenvalue weighted by Gasteiger charge is -2.15. The quantitative estimate of drug-likeness (QED) is 0.832. The molecule has 0 amide bonds. The molecule has 0 aliphatic heterocycles. The molecule has 1 atom stereocenters. The van der Waals surface area contributed by atoms with Crippen molar-refractivity contribution in [2.24, 2.45) is 0 Å². The van der Waals surface area contributed by atoms with E-state index in [1.165, 1.54) is 11.5 Å². The molecule has 0 saturated carbocycles. The molecule has 92 valence electrons.